The maximum absolute atomic E-state index is 10.2. The summed E-state index contributed by atoms with van der Waals surface area (Å²) in [4.78, 5) is 23.8. The second-order valence-corrected chi connectivity index (χ2v) is 1.01. The zero-order valence-electron chi connectivity index (χ0n) is 4.75. The van der Waals surface area contributed by atoms with Crippen LogP contribution in [0.3, 0.4) is 0 Å². The smallest absolute Gasteiger partial charge is 0.316 e. The number of rotatable bonds is 3. The molecule has 5 heteroatoms. The maximum atomic E-state index is 10.2. The highest BCUT2D eigenvalue weighted by molar-refractivity contribution is 6.28. The Morgan fingerprint density at radius 1 is 1.89 bits per heavy atom. The molecule has 0 spiro atoms. The van der Waals surface area contributed by atoms with E-state index in [0.29, 0.717) is 0 Å². The molecule has 0 aromatic heterocycles. The number of carbonyl (C=O) groups excluding carboxylic acids is 2. The van der Waals surface area contributed by atoms with Crippen LogP contribution in [0.4, 0.5) is 0 Å². The minimum absolute atomic E-state index is 0.660. The number of hydrogen-bond acceptors (Lipinski definition) is 4. The lowest BCUT2D eigenvalue weighted by molar-refractivity contribution is -0.113. The Balaban J connectivity index is 3.49. The minimum atomic E-state index is -0.660. The van der Waals surface area contributed by atoms with Crippen LogP contribution in [0.15, 0.2) is 5.16 Å². The predicted octanol–water partition coefficient (Wildman–Crippen LogP) is -1.20. The predicted molar refractivity (Wildman–Crippen MR) is 29.3 cm³/mol. The van der Waals surface area contributed by atoms with Gasteiger partial charge in [-0.25, -0.2) is 0 Å². The van der Waals surface area contributed by atoms with Gasteiger partial charge in [0.25, 0.3) is 5.91 Å². The molecular weight excluding hydrogens is 124 g/mol. The summed E-state index contributed by atoms with van der Waals surface area (Å²) < 4.78 is 0. The van der Waals surface area contributed by atoms with E-state index < -0.39 is 5.91 Å². The number of oxime groups is 1. The van der Waals surface area contributed by atoms with Crippen molar-refractivity contribution in [1.29, 1.82) is 0 Å². The molecule has 0 saturated carbocycles. The molecule has 0 aliphatic heterocycles. The third-order valence-corrected chi connectivity index (χ3v) is 0.450. The van der Waals surface area contributed by atoms with E-state index in [-0.39, 0.29) is 0 Å². The van der Waals surface area contributed by atoms with E-state index in [9.17, 15) is 9.59 Å². The van der Waals surface area contributed by atoms with Gasteiger partial charge in [-0.2, -0.15) is 0 Å². The summed E-state index contributed by atoms with van der Waals surface area (Å²) >= 11 is 0. The van der Waals surface area contributed by atoms with Crippen molar-refractivity contribution in [3.05, 3.63) is 0 Å². The fourth-order valence-electron chi connectivity index (χ4n) is 0.183. The van der Waals surface area contributed by atoms with Crippen LogP contribution in [0.2, 0.25) is 0 Å². The average Bonchev–Trinajstić information content (AvgIpc) is 1.85. The van der Waals surface area contributed by atoms with Crippen molar-refractivity contribution in [3.63, 3.8) is 0 Å². The molecule has 1 N–H and O–H groups in total. The second-order valence-electron chi connectivity index (χ2n) is 1.01. The lowest BCUT2D eigenvalue weighted by Gasteiger charge is -1.84. The van der Waals surface area contributed by atoms with Gasteiger partial charge in [-0.05, 0) is 0 Å². The van der Waals surface area contributed by atoms with Crippen molar-refractivity contribution < 1.29 is 14.4 Å². The summed E-state index contributed by atoms with van der Waals surface area (Å²) in [5.74, 6) is -0.660. The molecule has 0 aliphatic carbocycles. The Kier molecular flexibility index (Phi) is 4.03. The van der Waals surface area contributed by atoms with Gasteiger partial charge in [0, 0.05) is 0 Å². The first kappa shape index (κ1) is 7.61. The van der Waals surface area contributed by atoms with Crippen LogP contribution in [0.25, 0.3) is 0 Å². The van der Waals surface area contributed by atoms with Gasteiger partial charge in [0.15, 0.2) is 0 Å². The zero-order valence-corrected chi connectivity index (χ0v) is 4.75. The molecule has 0 aliphatic rings. The number of nitrogens with one attached hydrogen (secondary N) is 1. The van der Waals surface area contributed by atoms with Crippen LogP contribution in [0, 0.1) is 0 Å². The SMILES string of the molecule is CO/N=C/C(=O)N[C]=O. The van der Waals surface area contributed by atoms with Gasteiger partial charge in [-0.15, -0.1) is 0 Å². The van der Waals surface area contributed by atoms with Gasteiger partial charge in [-0.1, -0.05) is 5.16 Å². The van der Waals surface area contributed by atoms with Crippen molar-refractivity contribution in [2.75, 3.05) is 7.11 Å². The van der Waals surface area contributed by atoms with E-state index in [1.165, 1.54) is 13.5 Å². The number of amides is 2. The van der Waals surface area contributed by atoms with Gasteiger partial charge in [-0.3, -0.25) is 14.9 Å². The molecule has 1 radical (unpaired) electrons. The minimum Gasteiger partial charge on any atom is -0.399 e. The Hall–Kier alpha value is -1.39. The first-order chi connectivity index (χ1) is 4.31. The Morgan fingerprint density at radius 3 is 3.00 bits per heavy atom. The molecule has 0 aromatic rings. The summed E-state index contributed by atoms with van der Waals surface area (Å²) in [6, 6.07) is 0. The number of hydrogen-bond donors (Lipinski definition) is 1. The summed E-state index contributed by atoms with van der Waals surface area (Å²) in [6.07, 6.45) is 2.00. The van der Waals surface area contributed by atoms with E-state index >= 15 is 0 Å². The Bertz CT molecular complexity index is 132. The van der Waals surface area contributed by atoms with E-state index in [4.69, 9.17) is 0 Å². The molecule has 0 heterocycles. The fraction of sp³-hybridized carbons (Fsp3) is 0.250. The molecule has 5 nitrogen and oxygen atoms in total. The third kappa shape index (κ3) is 4.46. The second kappa shape index (κ2) is 4.76. The van der Waals surface area contributed by atoms with Crippen LogP contribution in [0.5, 0.6) is 0 Å². The lowest BCUT2D eigenvalue weighted by Crippen LogP contribution is -2.21. The Morgan fingerprint density at radius 2 is 2.56 bits per heavy atom. The molecule has 49 valence electrons. The average molecular weight is 129 g/mol. The largest absolute Gasteiger partial charge is 0.399 e. The fourth-order valence-corrected chi connectivity index (χ4v) is 0.183. The molecule has 0 bridgehead atoms. The molecule has 2 amide bonds. The molecule has 0 rings (SSSR count). The number of imide groups is 1. The lowest BCUT2D eigenvalue weighted by atomic mass is 10.7. The molecule has 0 atom stereocenters. The van der Waals surface area contributed by atoms with Crippen LogP contribution in [0.1, 0.15) is 0 Å². The van der Waals surface area contributed by atoms with E-state index in [2.05, 4.69) is 9.99 Å². The van der Waals surface area contributed by atoms with E-state index in [0.717, 1.165) is 6.21 Å². The summed E-state index contributed by atoms with van der Waals surface area (Å²) in [5, 5.41) is 4.78. The molecule has 9 heavy (non-hydrogen) atoms. The summed E-state index contributed by atoms with van der Waals surface area (Å²) in [6.45, 7) is 0. The maximum Gasteiger partial charge on any atom is 0.316 e. The Labute approximate surface area is 51.7 Å². The van der Waals surface area contributed by atoms with Gasteiger partial charge in [0.05, 0.1) is 0 Å². The standard InChI is InChI=1S/C4H5N2O3/c1-9-6-2-4(8)5-3-7/h2H,1H3,(H,5,7,8)/b6-2+. The van der Waals surface area contributed by atoms with Crippen LogP contribution in [-0.4, -0.2) is 25.6 Å². The molecule has 0 aromatic carbocycles. The molecule has 0 unspecified atom stereocenters. The highest BCUT2D eigenvalue weighted by atomic mass is 16.6. The summed E-state index contributed by atoms with van der Waals surface area (Å²) in [5.41, 5.74) is 0. The van der Waals surface area contributed by atoms with Crippen molar-refractivity contribution in [1.82, 2.24) is 5.32 Å². The van der Waals surface area contributed by atoms with Crippen molar-refractivity contribution in [3.8, 4) is 0 Å². The van der Waals surface area contributed by atoms with E-state index in [1.807, 2.05) is 0 Å². The highest BCUT2D eigenvalue weighted by Gasteiger charge is 1.90. The van der Waals surface area contributed by atoms with Crippen molar-refractivity contribution in [2.45, 2.75) is 0 Å². The van der Waals surface area contributed by atoms with Crippen LogP contribution >= 0.6 is 0 Å². The first-order valence-corrected chi connectivity index (χ1v) is 2.05. The zero-order chi connectivity index (χ0) is 7.11. The first-order valence-electron chi connectivity index (χ1n) is 2.05. The van der Waals surface area contributed by atoms with Crippen LogP contribution < -0.4 is 5.32 Å². The normalized spacial score (nSPS) is 9.00. The quantitative estimate of drug-likeness (QED) is 0.295. The molecular formula is C4H5N2O3. The molecule has 0 fully saturated rings. The summed E-state index contributed by atoms with van der Waals surface area (Å²) in [7, 11) is 1.29. The number of carbonyl (C=O) groups is 1. The van der Waals surface area contributed by atoms with E-state index in [1.54, 1.807) is 5.32 Å². The van der Waals surface area contributed by atoms with Gasteiger partial charge < -0.3 is 4.84 Å². The van der Waals surface area contributed by atoms with Crippen molar-refractivity contribution >= 4 is 18.5 Å². The monoisotopic (exact) mass is 129 g/mol. The topological polar surface area (TPSA) is 67.8 Å². The van der Waals surface area contributed by atoms with Gasteiger partial charge in [0.1, 0.15) is 13.3 Å². The highest BCUT2D eigenvalue weighted by Crippen LogP contribution is 1.62. The van der Waals surface area contributed by atoms with Gasteiger partial charge >= 0.3 is 6.41 Å². The van der Waals surface area contributed by atoms with Crippen molar-refractivity contribution in [2.24, 2.45) is 5.16 Å². The van der Waals surface area contributed by atoms with Gasteiger partial charge in [0.2, 0.25) is 0 Å². The molecule has 0 saturated heterocycles. The third-order valence-electron chi connectivity index (χ3n) is 0.450. The number of nitrogens with zero attached hydrogens (tertiary/aromatic N) is 1. The van der Waals surface area contributed by atoms with Crippen LogP contribution in [-0.2, 0) is 14.4 Å².